The molecular weight excluding hydrogens is 446 g/mol. The van der Waals surface area contributed by atoms with Gasteiger partial charge in [0.05, 0.1) is 5.56 Å². The van der Waals surface area contributed by atoms with Crippen LogP contribution in [-0.4, -0.2) is 28.6 Å². The molecule has 36 heavy (non-hydrogen) atoms. The Hall–Kier alpha value is -3.86. The molecule has 5 rings (SSSR count). The topological polar surface area (TPSA) is 47.4 Å². The number of para-hydroxylation sites is 1. The van der Waals surface area contributed by atoms with Gasteiger partial charge in [0.25, 0.3) is 0 Å². The molecule has 0 saturated heterocycles. The van der Waals surface area contributed by atoms with Crippen molar-refractivity contribution in [3.05, 3.63) is 107 Å². The fourth-order valence-electron chi connectivity index (χ4n) is 5.90. The maximum Gasteiger partial charge on any atom is 0.341 e. The highest BCUT2D eigenvalue weighted by atomic mass is 16.6. The van der Waals surface area contributed by atoms with Gasteiger partial charge in [0.1, 0.15) is 5.69 Å². The first kappa shape index (κ1) is 23.9. The number of nitrogens with zero attached hydrogens (tertiary/aromatic N) is 3. The molecule has 5 nitrogen and oxygen atoms in total. The van der Waals surface area contributed by atoms with Crippen LogP contribution < -0.4 is 4.90 Å². The molecule has 5 heteroatoms. The van der Waals surface area contributed by atoms with Crippen molar-refractivity contribution in [1.82, 2.24) is 9.55 Å². The summed E-state index contributed by atoms with van der Waals surface area (Å²) in [5.41, 5.74) is 6.35. The monoisotopic (exact) mass is 479 g/mol. The number of rotatable bonds is 8. The first-order chi connectivity index (χ1) is 17.5. The second kappa shape index (κ2) is 9.30. The quantitative estimate of drug-likeness (QED) is 0.217. The van der Waals surface area contributed by atoms with E-state index in [9.17, 15) is 4.79 Å². The van der Waals surface area contributed by atoms with Crippen molar-refractivity contribution in [3.63, 3.8) is 0 Å². The average molecular weight is 480 g/mol. The van der Waals surface area contributed by atoms with Gasteiger partial charge in [-0.1, -0.05) is 30.3 Å². The van der Waals surface area contributed by atoms with Crippen molar-refractivity contribution in [1.29, 1.82) is 0 Å². The third kappa shape index (κ3) is 3.37. The molecule has 3 heterocycles. The van der Waals surface area contributed by atoms with Crippen LogP contribution in [0.15, 0.2) is 73.4 Å². The van der Waals surface area contributed by atoms with E-state index in [2.05, 4.69) is 80.1 Å². The van der Waals surface area contributed by atoms with Crippen LogP contribution in [0.2, 0.25) is 0 Å². The second-order valence-corrected chi connectivity index (χ2v) is 9.20. The molecule has 0 amide bonds. The van der Waals surface area contributed by atoms with Gasteiger partial charge in [-0.2, -0.15) is 0 Å². The number of cyclic esters (lactones) is 1. The number of hydrogen-bond acceptors (Lipinski definition) is 4. The summed E-state index contributed by atoms with van der Waals surface area (Å²) in [6.07, 6.45) is 4.32. The van der Waals surface area contributed by atoms with E-state index in [1.54, 1.807) is 12.3 Å². The second-order valence-electron chi connectivity index (χ2n) is 9.20. The van der Waals surface area contributed by atoms with Crippen molar-refractivity contribution >= 4 is 22.6 Å². The number of allylic oxidation sites excluding steroid dienone is 1. The minimum Gasteiger partial charge on any atom is -0.439 e. The third-order valence-electron chi connectivity index (χ3n) is 7.47. The van der Waals surface area contributed by atoms with Crippen LogP contribution >= 0.6 is 0 Å². The number of anilines is 1. The van der Waals surface area contributed by atoms with Crippen LogP contribution in [0.25, 0.3) is 10.9 Å². The fraction of sp³-hybridized carbons (Fsp3) is 0.290. The number of benzene rings is 2. The van der Waals surface area contributed by atoms with E-state index in [0.717, 1.165) is 58.6 Å². The van der Waals surface area contributed by atoms with E-state index >= 15 is 0 Å². The summed E-state index contributed by atoms with van der Waals surface area (Å²) in [5.74, 6) is -0.344. The molecule has 0 fully saturated rings. The molecule has 1 atom stereocenters. The summed E-state index contributed by atoms with van der Waals surface area (Å²) < 4.78 is 8.81. The number of ether oxygens (including phenoxy) is 1. The minimum atomic E-state index is -1.15. The van der Waals surface area contributed by atoms with Crippen LogP contribution in [-0.2, 0) is 23.3 Å². The van der Waals surface area contributed by atoms with Crippen LogP contribution in [0.4, 0.5) is 5.69 Å². The Bertz CT molecular complexity index is 1460. The summed E-state index contributed by atoms with van der Waals surface area (Å²) in [4.78, 5) is 20.5. The summed E-state index contributed by atoms with van der Waals surface area (Å²) in [6, 6.07) is 18.5. The molecule has 4 aromatic rings. The number of carbonyl (C=O) groups excluding carboxylic acids is 1. The molecule has 1 aliphatic rings. The van der Waals surface area contributed by atoms with E-state index in [4.69, 9.17) is 9.72 Å². The summed E-state index contributed by atoms with van der Waals surface area (Å²) in [5, 5.41) is 1.07. The summed E-state index contributed by atoms with van der Waals surface area (Å²) in [6.45, 7) is 15.3. The van der Waals surface area contributed by atoms with Gasteiger partial charge in [-0.15, -0.1) is 6.58 Å². The maximum absolute atomic E-state index is 13.4. The Balaban J connectivity index is 1.91. The van der Waals surface area contributed by atoms with Crippen molar-refractivity contribution in [3.8, 4) is 0 Å². The summed E-state index contributed by atoms with van der Waals surface area (Å²) >= 11 is 0. The Morgan fingerprint density at radius 3 is 2.58 bits per heavy atom. The van der Waals surface area contributed by atoms with Gasteiger partial charge in [0.2, 0.25) is 5.60 Å². The maximum atomic E-state index is 13.4. The lowest BCUT2D eigenvalue weighted by Gasteiger charge is -2.32. The Labute approximate surface area is 213 Å². The molecule has 1 aliphatic heterocycles. The van der Waals surface area contributed by atoms with Gasteiger partial charge in [-0.05, 0) is 70.0 Å². The normalized spacial score (nSPS) is 16.7. The molecule has 0 aliphatic carbocycles. The smallest absolute Gasteiger partial charge is 0.341 e. The predicted molar refractivity (Wildman–Crippen MR) is 146 cm³/mol. The molecule has 2 aromatic heterocycles. The number of hydrogen-bond donors (Lipinski definition) is 0. The van der Waals surface area contributed by atoms with Crippen molar-refractivity contribution in [2.45, 2.75) is 46.3 Å². The highest BCUT2D eigenvalue weighted by molar-refractivity contribution is 5.98. The van der Waals surface area contributed by atoms with Gasteiger partial charge >= 0.3 is 5.97 Å². The van der Waals surface area contributed by atoms with Gasteiger partial charge in [0.15, 0.2) is 0 Å². The van der Waals surface area contributed by atoms with Gasteiger partial charge < -0.3 is 14.2 Å². The SMILES string of the molecule is C=CCc1cc(N(CC)CC)ccc1C1(c2c(C)n(CC)c3ccccc23)OC(=O)c2cccnc21. The number of fused-ring (bicyclic) bond motifs is 2. The van der Waals surface area contributed by atoms with Crippen molar-refractivity contribution in [2.24, 2.45) is 0 Å². The van der Waals surface area contributed by atoms with E-state index in [1.807, 2.05) is 18.2 Å². The number of pyridine rings is 1. The molecule has 1 unspecified atom stereocenters. The molecule has 184 valence electrons. The van der Waals surface area contributed by atoms with E-state index in [1.165, 1.54) is 0 Å². The lowest BCUT2D eigenvalue weighted by molar-refractivity contribution is 0.0243. The molecule has 0 radical (unpaired) electrons. The van der Waals surface area contributed by atoms with Gasteiger partial charge in [0, 0.05) is 59.2 Å². The Morgan fingerprint density at radius 2 is 1.86 bits per heavy atom. The highest BCUT2D eigenvalue weighted by Crippen LogP contribution is 2.51. The first-order valence-electron chi connectivity index (χ1n) is 12.8. The number of carbonyl (C=O) groups is 1. The molecule has 0 saturated carbocycles. The highest BCUT2D eigenvalue weighted by Gasteiger charge is 2.53. The molecular formula is C31H33N3O2. The molecule has 0 bridgehead atoms. The van der Waals surface area contributed by atoms with Gasteiger partial charge in [-0.25, -0.2) is 4.79 Å². The average Bonchev–Trinajstić information content (AvgIpc) is 3.36. The van der Waals surface area contributed by atoms with Crippen LogP contribution in [0.1, 0.15) is 59.2 Å². The van der Waals surface area contributed by atoms with E-state index < -0.39 is 5.60 Å². The molecule has 0 N–H and O–H groups in total. The number of aromatic nitrogens is 2. The third-order valence-corrected chi connectivity index (χ3v) is 7.47. The van der Waals surface area contributed by atoms with Gasteiger partial charge in [-0.3, -0.25) is 4.98 Å². The predicted octanol–water partition coefficient (Wildman–Crippen LogP) is 6.40. The van der Waals surface area contributed by atoms with E-state index in [-0.39, 0.29) is 5.97 Å². The minimum absolute atomic E-state index is 0.344. The zero-order chi connectivity index (χ0) is 25.4. The molecule has 0 spiro atoms. The Kier molecular flexibility index (Phi) is 6.17. The van der Waals surface area contributed by atoms with Crippen LogP contribution in [0.5, 0.6) is 0 Å². The first-order valence-corrected chi connectivity index (χ1v) is 12.8. The lowest BCUT2D eigenvalue weighted by Crippen LogP contribution is -2.33. The van der Waals surface area contributed by atoms with Crippen LogP contribution in [0, 0.1) is 6.92 Å². The Morgan fingerprint density at radius 1 is 1.08 bits per heavy atom. The van der Waals surface area contributed by atoms with E-state index in [0.29, 0.717) is 17.7 Å². The fourth-order valence-corrected chi connectivity index (χ4v) is 5.90. The molecule has 2 aromatic carbocycles. The van der Waals surface area contributed by atoms with Crippen molar-refractivity contribution < 1.29 is 9.53 Å². The standard InChI is InChI=1S/C31H33N3O2/c1-6-13-22-20-23(33(7-2)8-3)17-18-26(22)31(29-25(30(35)36-31)15-12-19-32-29)28-21(5)34(9-4)27-16-11-10-14-24(27)28/h6,10-12,14-20H,1,7-9,13H2,2-5H3. The zero-order valence-electron chi connectivity index (χ0n) is 21.5. The number of esters is 1. The summed E-state index contributed by atoms with van der Waals surface area (Å²) in [7, 11) is 0. The lowest BCUT2D eigenvalue weighted by atomic mass is 9.78. The largest absolute Gasteiger partial charge is 0.439 e. The zero-order valence-corrected chi connectivity index (χ0v) is 21.5. The van der Waals surface area contributed by atoms with Crippen LogP contribution in [0.3, 0.4) is 0 Å². The van der Waals surface area contributed by atoms with Crippen molar-refractivity contribution in [2.75, 3.05) is 18.0 Å². The number of aryl methyl sites for hydroxylation is 1.